The number of halogens is 1. The van der Waals surface area contributed by atoms with Crippen molar-refractivity contribution < 1.29 is 4.39 Å². The van der Waals surface area contributed by atoms with E-state index >= 15 is 0 Å². The minimum absolute atomic E-state index is 0.118. The van der Waals surface area contributed by atoms with Crippen LogP contribution in [0.4, 0.5) is 10.2 Å². The van der Waals surface area contributed by atoms with E-state index in [9.17, 15) is 4.39 Å². The molecule has 1 aliphatic rings. The molecule has 1 saturated heterocycles. The maximum atomic E-state index is 13.8. The predicted molar refractivity (Wildman–Crippen MR) is 96.9 cm³/mol. The molecule has 128 valence electrons. The van der Waals surface area contributed by atoms with Gasteiger partial charge in [0, 0.05) is 37.4 Å². The van der Waals surface area contributed by atoms with E-state index < -0.39 is 0 Å². The lowest BCUT2D eigenvalue weighted by Crippen LogP contribution is -2.43. The molecule has 0 atom stereocenters. The molecule has 0 bridgehead atoms. The zero-order valence-electron chi connectivity index (χ0n) is 14.2. The summed E-state index contributed by atoms with van der Waals surface area (Å²) in [6.45, 7) is 2.59. The number of anilines is 1. The Bertz CT molecular complexity index is 674. The summed E-state index contributed by atoms with van der Waals surface area (Å²) in [4.78, 5) is 13.4. The Morgan fingerprint density at radius 1 is 1.25 bits per heavy atom. The van der Waals surface area contributed by atoms with Gasteiger partial charge in [0.15, 0.2) is 5.16 Å². The normalized spacial score (nSPS) is 15.9. The molecule has 1 aromatic carbocycles. The van der Waals surface area contributed by atoms with Crippen molar-refractivity contribution in [3.63, 3.8) is 0 Å². The van der Waals surface area contributed by atoms with E-state index in [0.29, 0.717) is 12.6 Å². The van der Waals surface area contributed by atoms with Crippen molar-refractivity contribution in [3.05, 3.63) is 47.9 Å². The molecule has 6 heteroatoms. The van der Waals surface area contributed by atoms with E-state index in [1.165, 1.54) is 6.07 Å². The Labute approximate surface area is 147 Å². The monoisotopic (exact) mass is 346 g/mol. The highest BCUT2D eigenvalue weighted by atomic mass is 32.2. The first-order chi connectivity index (χ1) is 11.7. The number of rotatable bonds is 5. The van der Waals surface area contributed by atoms with Crippen LogP contribution in [-0.2, 0) is 6.54 Å². The molecule has 1 fully saturated rings. The number of hydrogen-bond acceptors (Lipinski definition) is 5. The molecule has 4 nitrogen and oxygen atoms in total. The summed E-state index contributed by atoms with van der Waals surface area (Å²) in [6, 6.07) is 9.48. The molecular formula is C18H23FN4S. The molecular weight excluding hydrogens is 323 g/mol. The SMILES string of the molecule is CSc1nccc(N2CCC(N(C)Cc3ccccc3F)CC2)n1. The van der Waals surface area contributed by atoms with Crippen molar-refractivity contribution in [1.82, 2.24) is 14.9 Å². The van der Waals surface area contributed by atoms with Crippen LogP contribution >= 0.6 is 11.8 Å². The minimum Gasteiger partial charge on any atom is -0.356 e. The van der Waals surface area contributed by atoms with Crippen LogP contribution < -0.4 is 4.90 Å². The van der Waals surface area contributed by atoms with Crippen molar-refractivity contribution in [3.8, 4) is 0 Å². The molecule has 1 aromatic heterocycles. The first-order valence-corrected chi connectivity index (χ1v) is 9.45. The lowest BCUT2D eigenvalue weighted by atomic mass is 10.0. The molecule has 0 aliphatic carbocycles. The molecule has 0 saturated carbocycles. The third-order valence-electron chi connectivity index (χ3n) is 4.59. The van der Waals surface area contributed by atoms with Gasteiger partial charge in [-0.1, -0.05) is 30.0 Å². The summed E-state index contributed by atoms with van der Waals surface area (Å²) in [7, 11) is 2.09. The van der Waals surface area contributed by atoms with E-state index in [1.54, 1.807) is 17.8 Å². The Morgan fingerprint density at radius 3 is 2.71 bits per heavy atom. The minimum atomic E-state index is -0.118. The first kappa shape index (κ1) is 17.2. The predicted octanol–water partition coefficient (Wildman–Crippen LogP) is 3.44. The average molecular weight is 346 g/mol. The maximum absolute atomic E-state index is 13.8. The molecule has 1 aliphatic heterocycles. The Balaban J connectivity index is 1.57. The molecule has 0 amide bonds. The number of benzene rings is 1. The van der Waals surface area contributed by atoms with Crippen molar-refractivity contribution in [2.24, 2.45) is 0 Å². The van der Waals surface area contributed by atoms with Crippen molar-refractivity contribution >= 4 is 17.6 Å². The fraction of sp³-hybridized carbons (Fsp3) is 0.444. The third-order valence-corrected chi connectivity index (χ3v) is 5.15. The highest BCUT2D eigenvalue weighted by Crippen LogP contribution is 2.23. The number of nitrogens with zero attached hydrogens (tertiary/aromatic N) is 4. The average Bonchev–Trinajstić information content (AvgIpc) is 2.64. The molecule has 3 rings (SSSR count). The van der Waals surface area contributed by atoms with Crippen molar-refractivity contribution in [2.75, 3.05) is 31.3 Å². The fourth-order valence-corrected chi connectivity index (χ4v) is 3.52. The quantitative estimate of drug-likeness (QED) is 0.612. The lowest BCUT2D eigenvalue weighted by molar-refractivity contribution is 0.198. The zero-order valence-corrected chi connectivity index (χ0v) is 15.0. The molecule has 0 spiro atoms. The highest BCUT2D eigenvalue weighted by Gasteiger charge is 2.23. The van der Waals surface area contributed by atoms with Gasteiger partial charge >= 0.3 is 0 Å². The molecule has 2 heterocycles. The van der Waals surface area contributed by atoms with Crippen LogP contribution in [0.1, 0.15) is 18.4 Å². The van der Waals surface area contributed by atoms with Crippen LogP contribution in [0, 0.1) is 5.82 Å². The smallest absolute Gasteiger partial charge is 0.189 e. The number of thioether (sulfide) groups is 1. The second-order valence-corrected chi connectivity index (χ2v) is 6.90. The van der Waals surface area contributed by atoms with Crippen LogP contribution in [0.5, 0.6) is 0 Å². The molecule has 0 N–H and O–H groups in total. The summed E-state index contributed by atoms with van der Waals surface area (Å²) in [6.07, 6.45) is 5.93. The van der Waals surface area contributed by atoms with Gasteiger partial charge < -0.3 is 4.90 Å². The second-order valence-electron chi connectivity index (χ2n) is 6.13. The van der Waals surface area contributed by atoms with Gasteiger partial charge in [-0.3, -0.25) is 4.90 Å². The molecule has 2 aromatic rings. The molecule has 0 unspecified atom stereocenters. The number of piperidine rings is 1. The summed E-state index contributed by atoms with van der Waals surface area (Å²) in [5.41, 5.74) is 0.767. The Morgan fingerprint density at radius 2 is 2.00 bits per heavy atom. The maximum Gasteiger partial charge on any atom is 0.189 e. The molecule has 0 radical (unpaired) electrons. The van der Waals surface area contributed by atoms with Gasteiger partial charge in [0.2, 0.25) is 0 Å². The summed E-state index contributed by atoms with van der Waals surface area (Å²) < 4.78 is 13.8. The topological polar surface area (TPSA) is 32.3 Å². The molecule has 24 heavy (non-hydrogen) atoms. The van der Waals surface area contributed by atoms with E-state index in [-0.39, 0.29) is 5.82 Å². The number of aromatic nitrogens is 2. The van der Waals surface area contributed by atoms with Gasteiger partial charge in [0.05, 0.1) is 0 Å². The number of hydrogen-bond donors (Lipinski definition) is 0. The van der Waals surface area contributed by atoms with Gasteiger partial charge in [0.1, 0.15) is 11.6 Å². The van der Waals surface area contributed by atoms with Gasteiger partial charge in [0.25, 0.3) is 0 Å². The van der Waals surface area contributed by atoms with E-state index in [2.05, 4.69) is 26.8 Å². The first-order valence-electron chi connectivity index (χ1n) is 8.23. The van der Waals surface area contributed by atoms with Crippen LogP contribution in [0.15, 0.2) is 41.7 Å². The van der Waals surface area contributed by atoms with Gasteiger partial charge in [-0.05, 0) is 38.3 Å². The van der Waals surface area contributed by atoms with E-state index in [4.69, 9.17) is 0 Å². The van der Waals surface area contributed by atoms with Crippen molar-refractivity contribution in [2.45, 2.75) is 30.6 Å². The van der Waals surface area contributed by atoms with Crippen molar-refractivity contribution in [1.29, 1.82) is 0 Å². The lowest BCUT2D eigenvalue weighted by Gasteiger charge is -2.37. The fourth-order valence-electron chi connectivity index (χ4n) is 3.17. The summed E-state index contributed by atoms with van der Waals surface area (Å²) in [5.74, 6) is 0.886. The second kappa shape index (κ2) is 7.94. The summed E-state index contributed by atoms with van der Waals surface area (Å²) >= 11 is 1.56. The Hall–Kier alpha value is -1.66. The summed E-state index contributed by atoms with van der Waals surface area (Å²) in [5, 5.41) is 0.811. The van der Waals surface area contributed by atoms with E-state index in [0.717, 1.165) is 42.5 Å². The van der Waals surface area contributed by atoms with Gasteiger partial charge in [-0.15, -0.1) is 0 Å². The van der Waals surface area contributed by atoms with Crippen LogP contribution in [0.2, 0.25) is 0 Å². The van der Waals surface area contributed by atoms with Crippen LogP contribution in [0.25, 0.3) is 0 Å². The third kappa shape index (κ3) is 4.05. The van der Waals surface area contributed by atoms with E-state index in [1.807, 2.05) is 30.7 Å². The Kier molecular flexibility index (Phi) is 5.68. The standard InChI is InChI=1S/C18H23FN4S/c1-22(13-14-5-3-4-6-16(14)19)15-8-11-23(12-9-15)17-7-10-20-18(21-17)24-2/h3-7,10,15H,8-9,11-13H2,1-2H3. The van der Waals surface area contributed by atoms with Gasteiger partial charge in [-0.25, -0.2) is 14.4 Å². The zero-order chi connectivity index (χ0) is 16.9. The van der Waals surface area contributed by atoms with Crippen LogP contribution in [-0.4, -0.2) is 47.3 Å². The largest absolute Gasteiger partial charge is 0.356 e. The highest BCUT2D eigenvalue weighted by molar-refractivity contribution is 7.98. The van der Waals surface area contributed by atoms with Gasteiger partial charge in [-0.2, -0.15) is 0 Å². The van der Waals surface area contributed by atoms with Crippen LogP contribution in [0.3, 0.4) is 0 Å².